The molecule has 0 saturated carbocycles. The summed E-state index contributed by atoms with van der Waals surface area (Å²) in [7, 11) is 2.65. The van der Waals surface area contributed by atoms with Crippen LogP contribution in [0.1, 0.15) is 6.42 Å². The van der Waals surface area contributed by atoms with Crippen molar-refractivity contribution < 1.29 is 27.4 Å². The first-order valence-corrected chi connectivity index (χ1v) is 3.78. The molecule has 0 radical (unpaired) electrons. The molecule has 0 atom stereocenters. The van der Waals surface area contributed by atoms with Gasteiger partial charge < -0.3 is 14.8 Å². The van der Waals surface area contributed by atoms with Gasteiger partial charge in [0.1, 0.15) is 6.42 Å². The van der Waals surface area contributed by atoms with Gasteiger partial charge in [-0.3, -0.25) is 4.79 Å². The average Bonchev–Trinajstić information content (AvgIpc) is 2.03. The van der Waals surface area contributed by atoms with E-state index in [1.54, 1.807) is 0 Å². The zero-order valence-electron chi connectivity index (χ0n) is 7.85. The summed E-state index contributed by atoms with van der Waals surface area (Å²) in [6.45, 7) is -0.109. The predicted molar refractivity (Wildman–Crippen MR) is 41.5 cm³/mol. The number of carbonyl (C=O) groups is 1. The molecule has 0 aliphatic carbocycles. The molecule has 0 heterocycles. The summed E-state index contributed by atoms with van der Waals surface area (Å²) < 4.78 is 44.3. The van der Waals surface area contributed by atoms with Crippen LogP contribution >= 0.6 is 0 Å². The molecule has 0 unspecified atom stereocenters. The molecular formula is C7H12F3NO3. The minimum absolute atomic E-state index is 0.109. The van der Waals surface area contributed by atoms with Crippen LogP contribution in [0.5, 0.6) is 0 Å². The van der Waals surface area contributed by atoms with Crippen LogP contribution in [0.15, 0.2) is 0 Å². The van der Waals surface area contributed by atoms with Crippen molar-refractivity contribution in [2.75, 3.05) is 20.8 Å². The lowest BCUT2D eigenvalue weighted by atomic mass is 10.4. The van der Waals surface area contributed by atoms with Crippen molar-refractivity contribution in [3.05, 3.63) is 0 Å². The highest BCUT2D eigenvalue weighted by molar-refractivity contribution is 5.76. The molecule has 1 N–H and O–H groups in total. The van der Waals surface area contributed by atoms with E-state index in [2.05, 4.69) is 9.47 Å². The summed E-state index contributed by atoms with van der Waals surface area (Å²) in [6.07, 6.45) is -6.71. The lowest BCUT2D eigenvalue weighted by Gasteiger charge is -2.14. The molecule has 0 saturated heterocycles. The van der Waals surface area contributed by atoms with E-state index in [-0.39, 0.29) is 6.54 Å². The quantitative estimate of drug-likeness (QED) is 0.686. The third kappa shape index (κ3) is 6.67. The first kappa shape index (κ1) is 13.2. The number of amides is 1. The lowest BCUT2D eigenvalue weighted by Crippen LogP contribution is -2.36. The fourth-order valence-corrected chi connectivity index (χ4v) is 0.705. The molecule has 0 aromatic rings. The third-order valence-corrected chi connectivity index (χ3v) is 1.35. The van der Waals surface area contributed by atoms with Gasteiger partial charge in [-0.1, -0.05) is 0 Å². The van der Waals surface area contributed by atoms with Gasteiger partial charge in [0.05, 0.1) is 6.54 Å². The van der Waals surface area contributed by atoms with Crippen LogP contribution in [0.2, 0.25) is 0 Å². The van der Waals surface area contributed by atoms with Crippen molar-refractivity contribution in [2.45, 2.75) is 18.9 Å². The maximum Gasteiger partial charge on any atom is 0.397 e. The van der Waals surface area contributed by atoms with Gasteiger partial charge in [-0.15, -0.1) is 0 Å². The maximum absolute atomic E-state index is 11.7. The monoisotopic (exact) mass is 215 g/mol. The predicted octanol–water partition coefficient (Wildman–Crippen LogP) is 0.674. The van der Waals surface area contributed by atoms with Crippen LogP contribution in [-0.2, 0) is 14.3 Å². The highest BCUT2D eigenvalue weighted by Crippen LogP contribution is 2.18. The molecule has 0 aromatic heterocycles. The molecule has 4 nitrogen and oxygen atoms in total. The fourth-order valence-electron chi connectivity index (χ4n) is 0.705. The van der Waals surface area contributed by atoms with Gasteiger partial charge in [-0.25, -0.2) is 0 Å². The molecule has 14 heavy (non-hydrogen) atoms. The number of alkyl halides is 3. The Morgan fingerprint density at radius 3 is 2.21 bits per heavy atom. The molecule has 0 spiro atoms. The van der Waals surface area contributed by atoms with Gasteiger partial charge in [0.15, 0.2) is 6.29 Å². The minimum Gasteiger partial charge on any atom is -0.354 e. The number of hydrogen-bond donors (Lipinski definition) is 1. The van der Waals surface area contributed by atoms with Crippen molar-refractivity contribution in [1.82, 2.24) is 5.32 Å². The van der Waals surface area contributed by atoms with Gasteiger partial charge in [-0.05, 0) is 0 Å². The Hall–Kier alpha value is -0.820. The van der Waals surface area contributed by atoms with E-state index >= 15 is 0 Å². The highest BCUT2D eigenvalue weighted by atomic mass is 19.4. The Morgan fingerprint density at radius 2 is 1.86 bits per heavy atom. The Balaban J connectivity index is 3.74. The Labute approximate surface area is 79.4 Å². The summed E-state index contributed by atoms with van der Waals surface area (Å²) in [5, 5.41) is 2.03. The van der Waals surface area contributed by atoms with Crippen molar-refractivity contribution in [1.29, 1.82) is 0 Å². The Bertz CT molecular complexity index is 180. The fraction of sp³-hybridized carbons (Fsp3) is 0.857. The number of rotatable bonds is 5. The number of nitrogens with one attached hydrogen (secondary N) is 1. The second-order valence-corrected chi connectivity index (χ2v) is 2.50. The standard InChI is InChI=1S/C7H12F3NO3/c1-13-6(14-2)4-11-5(12)3-7(8,9)10/h6H,3-4H2,1-2H3,(H,11,12). The highest BCUT2D eigenvalue weighted by Gasteiger charge is 2.31. The smallest absolute Gasteiger partial charge is 0.354 e. The van der Waals surface area contributed by atoms with Gasteiger partial charge in [-0.2, -0.15) is 13.2 Å². The molecule has 0 aliphatic heterocycles. The zero-order chi connectivity index (χ0) is 11.2. The number of carbonyl (C=O) groups excluding carboxylic acids is 1. The summed E-state index contributed by atoms with van der Waals surface area (Å²) in [5.41, 5.74) is 0. The molecule has 0 aromatic carbocycles. The van der Waals surface area contributed by atoms with Crippen molar-refractivity contribution in [2.24, 2.45) is 0 Å². The van der Waals surface area contributed by atoms with E-state index in [1.165, 1.54) is 14.2 Å². The van der Waals surface area contributed by atoms with Crippen molar-refractivity contribution in [3.63, 3.8) is 0 Å². The van der Waals surface area contributed by atoms with Crippen molar-refractivity contribution >= 4 is 5.91 Å². The minimum atomic E-state index is -4.49. The third-order valence-electron chi connectivity index (χ3n) is 1.35. The largest absolute Gasteiger partial charge is 0.397 e. The van der Waals surface area contributed by atoms with Crippen molar-refractivity contribution in [3.8, 4) is 0 Å². The number of ether oxygens (including phenoxy) is 2. The van der Waals surface area contributed by atoms with E-state index in [4.69, 9.17) is 0 Å². The summed E-state index contributed by atoms with van der Waals surface area (Å²) in [4.78, 5) is 10.7. The molecule has 84 valence electrons. The first-order valence-electron chi connectivity index (χ1n) is 3.78. The summed E-state index contributed by atoms with van der Waals surface area (Å²) in [6, 6.07) is 0. The molecular weight excluding hydrogens is 203 g/mol. The van der Waals surface area contributed by atoms with E-state index in [0.717, 1.165) is 0 Å². The normalized spacial score (nSPS) is 11.9. The Kier molecular flexibility index (Phi) is 5.47. The Morgan fingerprint density at radius 1 is 1.36 bits per heavy atom. The van der Waals surface area contributed by atoms with E-state index in [1.807, 2.05) is 5.32 Å². The summed E-state index contributed by atoms with van der Waals surface area (Å²) >= 11 is 0. The number of hydrogen-bond acceptors (Lipinski definition) is 3. The topological polar surface area (TPSA) is 47.6 Å². The summed E-state index contributed by atoms with van der Waals surface area (Å²) in [5.74, 6) is -1.10. The number of halogens is 3. The van der Waals surface area contributed by atoms with Crippen LogP contribution in [-0.4, -0.2) is 39.1 Å². The maximum atomic E-state index is 11.7. The van der Waals surface area contributed by atoms with E-state index < -0.39 is 24.8 Å². The van der Waals surface area contributed by atoms with Gasteiger partial charge in [0.25, 0.3) is 0 Å². The first-order chi connectivity index (χ1) is 6.39. The van der Waals surface area contributed by atoms with Crippen LogP contribution < -0.4 is 5.32 Å². The SMILES string of the molecule is COC(CNC(=O)CC(F)(F)F)OC. The molecule has 0 bridgehead atoms. The molecule has 7 heteroatoms. The molecule has 0 rings (SSSR count). The zero-order valence-corrected chi connectivity index (χ0v) is 7.85. The van der Waals surface area contributed by atoms with E-state index in [0.29, 0.717) is 0 Å². The van der Waals surface area contributed by atoms with Crippen LogP contribution in [0.3, 0.4) is 0 Å². The second-order valence-electron chi connectivity index (χ2n) is 2.50. The van der Waals surface area contributed by atoms with Crippen LogP contribution in [0, 0.1) is 0 Å². The lowest BCUT2D eigenvalue weighted by molar-refractivity contribution is -0.156. The van der Waals surface area contributed by atoms with Crippen LogP contribution in [0.25, 0.3) is 0 Å². The molecule has 0 fully saturated rings. The number of methoxy groups -OCH3 is 2. The molecule has 0 aliphatic rings. The van der Waals surface area contributed by atoms with Gasteiger partial charge >= 0.3 is 6.18 Å². The average molecular weight is 215 g/mol. The van der Waals surface area contributed by atoms with Crippen LogP contribution in [0.4, 0.5) is 13.2 Å². The van der Waals surface area contributed by atoms with E-state index in [9.17, 15) is 18.0 Å². The van der Waals surface area contributed by atoms with Gasteiger partial charge in [0, 0.05) is 14.2 Å². The molecule has 1 amide bonds. The second kappa shape index (κ2) is 5.82. The van der Waals surface area contributed by atoms with Gasteiger partial charge in [0.2, 0.25) is 5.91 Å².